The van der Waals surface area contributed by atoms with Crippen LogP contribution in [0.5, 0.6) is 5.75 Å². The van der Waals surface area contributed by atoms with E-state index < -0.39 is 52.8 Å². The van der Waals surface area contributed by atoms with Crippen molar-refractivity contribution in [3.05, 3.63) is 122 Å². The van der Waals surface area contributed by atoms with Crippen LogP contribution in [0.2, 0.25) is 0 Å². The van der Waals surface area contributed by atoms with Crippen LogP contribution in [-0.4, -0.2) is 16.2 Å². The first-order chi connectivity index (χ1) is 18.5. The number of hydrogen-bond donors (Lipinski definition) is 1. The molecule has 0 unspecified atom stereocenters. The molecule has 0 aliphatic carbocycles. The van der Waals surface area contributed by atoms with Gasteiger partial charge in [0.2, 0.25) is 0 Å². The van der Waals surface area contributed by atoms with Crippen LogP contribution < -0.4 is 21.7 Å². The molecule has 2 N–H and O–H groups in total. The van der Waals surface area contributed by atoms with Crippen LogP contribution in [0.25, 0.3) is 11.1 Å². The van der Waals surface area contributed by atoms with Gasteiger partial charge < -0.3 is 10.5 Å². The van der Waals surface area contributed by atoms with Crippen molar-refractivity contribution in [2.75, 3.05) is 7.11 Å². The van der Waals surface area contributed by atoms with E-state index in [9.17, 15) is 27.2 Å². The van der Waals surface area contributed by atoms with Crippen molar-refractivity contribution >= 4 is 0 Å². The normalized spacial score (nSPS) is 12.1. The zero-order valence-electron chi connectivity index (χ0n) is 20.9. The summed E-state index contributed by atoms with van der Waals surface area (Å²) in [4.78, 5) is 27.3. The van der Waals surface area contributed by atoms with Crippen LogP contribution in [0, 0.1) is 18.6 Å². The second kappa shape index (κ2) is 11.9. The van der Waals surface area contributed by atoms with Crippen molar-refractivity contribution in [1.29, 1.82) is 0 Å². The molecular formula is C29H28F5N3O3. The maximum atomic E-state index is 15.3. The Kier molecular flexibility index (Phi) is 8.99. The van der Waals surface area contributed by atoms with Gasteiger partial charge in [-0.3, -0.25) is 13.9 Å². The van der Waals surface area contributed by atoms with Gasteiger partial charge in [-0.15, -0.1) is 0 Å². The van der Waals surface area contributed by atoms with Crippen molar-refractivity contribution in [3.63, 3.8) is 0 Å². The van der Waals surface area contributed by atoms with Gasteiger partial charge in [-0.25, -0.2) is 13.6 Å². The predicted octanol–water partition coefficient (Wildman–Crippen LogP) is 5.68. The lowest BCUT2D eigenvalue weighted by Gasteiger charge is -2.21. The third-order valence-corrected chi connectivity index (χ3v) is 6.49. The molecule has 6 nitrogen and oxygen atoms in total. The molecule has 3 aromatic carbocycles. The summed E-state index contributed by atoms with van der Waals surface area (Å²) < 4.78 is 77.8. The minimum absolute atomic E-state index is 0. The predicted molar refractivity (Wildman–Crippen MR) is 142 cm³/mol. The number of hydrogen-bond acceptors (Lipinski definition) is 4. The van der Waals surface area contributed by atoms with Gasteiger partial charge in [-0.2, -0.15) is 13.2 Å². The van der Waals surface area contributed by atoms with E-state index in [1.807, 2.05) is 0 Å². The van der Waals surface area contributed by atoms with E-state index in [1.165, 1.54) is 32.2 Å². The molecule has 1 aromatic heterocycles. The lowest BCUT2D eigenvalue weighted by molar-refractivity contribution is -0.138. The minimum atomic E-state index is -4.92. The first-order valence-electron chi connectivity index (χ1n) is 11.8. The molecule has 212 valence electrons. The van der Waals surface area contributed by atoms with Gasteiger partial charge in [0.05, 0.1) is 31.3 Å². The van der Waals surface area contributed by atoms with Crippen molar-refractivity contribution in [1.82, 2.24) is 9.13 Å². The molecule has 0 saturated carbocycles. The third-order valence-electron chi connectivity index (χ3n) is 6.49. The average molecular weight is 562 g/mol. The van der Waals surface area contributed by atoms with Gasteiger partial charge in [0.15, 0.2) is 11.6 Å². The maximum Gasteiger partial charge on any atom is 0.416 e. The Bertz CT molecular complexity index is 1630. The molecule has 0 radical (unpaired) electrons. The number of rotatable bonds is 7. The number of aromatic nitrogens is 2. The molecule has 0 bridgehead atoms. The standard InChI is InChI=1S/C28H24F5N3O3.CH4/c1-16-24(18-10-6-13-23(39-2)25(18)30)26(37)36(15-22(34)17-8-4-3-5-9-17)27(38)35(16)14-19-20(28(31,32)33)11-7-12-21(19)29;/h3-13,22H,14-15,34H2,1-2H3;1H4/t22-;/m0./s1. The van der Waals surface area contributed by atoms with Crippen molar-refractivity contribution in [2.45, 2.75) is 39.7 Å². The van der Waals surface area contributed by atoms with E-state index in [1.54, 1.807) is 30.3 Å². The molecule has 4 rings (SSSR count). The fraction of sp³-hybridized carbons (Fsp3) is 0.241. The highest BCUT2D eigenvalue weighted by molar-refractivity contribution is 5.67. The Morgan fingerprint density at radius 2 is 1.57 bits per heavy atom. The molecule has 0 fully saturated rings. The van der Waals surface area contributed by atoms with Gasteiger partial charge in [0, 0.05) is 22.9 Å². The average Bonchev–Trinajstić information content (AvgIpc) is 2.90. The largest absolute Gasteiger partial charge is 0.494 e. The molecule has 0 spiro atoms. The van der Waals surface area contributed by atoms with Crippen LogP contribution in [0.4, 0.5) is 22.0 Å². The number of alkyl halides is 3. The molecule has 40 heavy (non-hydrogen) atoms. The van der Waals surface area contributed by atoms with Crippen molar-refractivity contribution < 1.29 is 26.7 Å². The fourth-order valence-corrected chi connectivity index (χ4v) is 4.46. The Labute approximate surface area is 227 Å². The quantitative estimate of drug-likeness (QED) is 0.295. The zero-order chi connectivity index (χ0) is 28.5. The topological polar surface area (TPSA) is 79.2 Å². The number of ether oxygens (including phenoxy) is 1. The summed E-state index contributed by atoms with van der Waals surface area (Å²) in [5.41, 5.74) is 2.15. The van der Waals surface area contributed by atoms with E-state index in [4.69, 9.17) is 10.5 Å². The van der Waals surface area contributed by atoms with E-state index in [0.29, 0.717) is 11.6 Å². The highest BCUT2D eigenvalue weighted by Crippen LogP contribution is 2.34. The lowest BCUT2D eigenvalue weighted by atomic mass is 10.0. The first-order valence-corrected chi connectivity index (χ1v) is 11.8. The van der Waals surface area contributed by atoms with Crippen LogP contribution in [-0.2, 0) is 19.3 Å². The smallest absolute Gasteiger partial charge is 0.416 e. The van der Waals surface area contributed by atoms with E-state index in [2.05, 4.69) is 0 Å². The van der Waals surface area contributed by atoms with E-state index in [-0.39, 0.29) is 36.5 Å². The van der Waals surface area contributed by atoms with Gasteiger partial charge in [-0.1, -0.05) is 56.0 Å². The summed E-state index contributed by atoms with van der Waals surface area (Å²) in [7, 11) is 1.23. The third kappa shape index (κ3) is 5.69. The molecular weight excluding hydrogens is 533 g/mol. The van der Waals surface area contributed by atoms with Crippen LogP contribution in [0.15, 0.2) is 76.3 Å². The number of halogens is 5. The number of methoxy groups -OCH3 is 1. The Hall–Kier alpha value is -4.25. The summed E-state index contributed by atoms with van der Waals surface area (Å²) >= 11 is 0. The van der Waals surface area contributed by atoms with Gasteiger partial charge in [-0.05, 0) is 30.7 Å². The number of nitrogens with two attached hydrogens (primary N) is 1. The van der Waals surface area contributed by atoms with Crippen molar-refractivity contribution in [2.24, 2.45) is 5.73 Å². The highest BCUT2D eigenvalue weighted by Gasteiger charge is 2.35. The van der Waals surface area contributed by atoms with Gasteiger partial charge in [0.25, 0.3) is 5.56 Å². The summed E-state index contributed by atoms with van der Waals surface area (Å²) in [5, 5.41) is 0. The second-order valence-corrected chi connectivity index (χ2v) is 8.85. The Morgan fingerprint density at radius 1 is 0.925 bits per heavy atom. The Balaban J connectivity index is 0.00000441. The van der Waals surface area contributed by atoms with E-state index in [0.717, 1.165) is 21.3 Å². The molecule has 4 aromatic rings. The minimum Gasteiger partial charge on any atom is -0.494 e. The number of nitrogens with zero attached hydrogens (tertiary/aromatic N) is 2. The monoisotopic (exact) mass is 561 g/mol. The summed E-state index contributed by atoms with van der Waals surface area (Å²) in [6, 6.07) is 14.1. The molecule has 1 atom stereocenters. The first kappa shape index (κ1) is 30.3. The molecule has 1 heterocycles. The van der Waals surface area contributed by atoms with Crippen molar-refractivity contribution in [3.8, 4) is 16.9 Å². The molecule has 0 saturated heterocycles. The number of benzene rings is 3. The summed E-state index contributed by atoms with van der Waals surface area (Å²) in [6.07, 6.45) is -4.92. The lowest BCUT2D eigenvalue weighted by Crippen LogP contribution is -2.44. The van der Waals surface area contributed by atoms with Crippen LogP contribution in [0.1, 0.15) is 35.9 Å². The molecule has 11 heteroatoms. The Morgan fingerprint density at radius 3 is 2.20 bits per heavy atom. The molecule has 0 amide bonds. The molecule has 0 aliphatic heterocycles. The maximum absolute atomic E-state index is 15.3. The summed E-state index contributed by atoms with van der Waals surface area (Å²) in [6.45, 7) is 0.0438. The summed E-state index contributed by atoms with van der Waals surface area (Å²) in [5.74, 6) is -2.29. The van der Waals surface area contributed by atoms with Gasteiger partial charge >= 0.3 is 11.9 Å². The zero-order valence-corrected chi connectivity index (χ0v) is 20.9. The van der Waals surface area contributed by atoms with E-state index >= 15 is 4.39 Å². The highest BCUT2D eigenvalue weighted by atomic mass is 19.4. The van der Waals surface area contributed by atoms with Gasteiger partial charge in [0.1, 0.15) is 5.82 Å². The fourth-order valence-electron chi connectivity index (χ4n) is 4.46. The van der Waals surface area contributed by atoms with Crippen LogP contribution in [0.3, 0.4) is 0 Å². The molecule has 0 aliphatic rings. The van der Waals surface area contributed by atoms with Crippen LogP contribution >= 0.6 is 0 Å². The second-order valence-electron chi connectivity index (χ2n) is 8.85. The SMILES string of the molecule is C.COc1cccc(-c2c(C)n(Cc3c(F)cccc3C(F)(F)F)c(=O)n(C[C@H](N)c3ccccc3)c2=O)c1F.